The maximum Gasteiger partial charge on any atom is 0.129 e. The molecule has 1 aliphatic rings. The maximum absolute atomic E-state index is 13.8. The van der Waals surface area contributed by atoms with Gasteiger partial charge in [-0.05, 0) is 45.0 Å². The van der Waals surface area contributed by atoms with Crippen molar-refractivity contribution in [3.05, 3.63) is 35.4 Å². The molecule has 0 bridgehead atoms. The molecule has 0 saturated heterocycles. The Morgan fingerprint density at radius 1 is 1.30 bits per heavy atom. The van der Waals surface area contributed by atoms with Crippen LogP contribution < -0.4 is 11.3 Å². The predicted molar refractivity (Wildman–Crippen MR) is 76.1 cm³/mol. The summed E-state index contributed by atoms with van der Waals surface area (Å²) < 4.78 is 26.8. The van der Waals surface area contributed by atoms with Crippen molar-refractivity contribution in [2.24, 2.45) is 5.84 Å². The van der Waals surface area contributed by atoms with E-state index in [-0.39, 0.29) is 11.6 Å². The van der Waals surface area contributed by atoms with E-state index in [4.69, 9.17) is 5.84 Å². The molecule has 1 atom stereocenters. The van der Waals surface area contributed by atoms with Crippen LogP contribution in [0, 0.1) is 11.6 Å². The van der Waals surface area contributed by atoms with E-state index in [0.29, 0.717) is 12.0 Å². The second-order valence-corrected chi connectivity index (χ2v) is 5.86. The Kier molecular flexibility index (Phi) is 4.73. The van der Waals surface area contributed by atoms with E-state index in [9.17, 15) is 8.78 Å². The third kappa shape index (κ3) is 2.85. The van der Waals surface area contributed by atoms with Crippen LogP contribution in [0.1, 0.15) is 31.2 Å². The smallest absolute Gasteiger partial charge is 0.129 e. The first-order valence-corrected chi connectivity index (χ1v) is 7.07. The summed E-state index contributed by atoms with van der Waals surface area (Å²) in [5, 5.41) is 0. The summed E-state index contributed by atoms with van der Waals surface area (Å²) in [6, 6.07) is 3.68. The van der Waals surface area contributed by atoms with Gasteiger partial charge in [0.15, 0.2) is 0 Å². The average Bonchev–Trinajstić information content (AvgIpc) is 2.88. The lowest BCUT2D eigenvalue weighted by Gasteiger charge is -2.43. The molecule has 1 saturated carbocycles. The summed E-state index contributed by atoms with van der Waals surface area (Å²) in [5.74, 6) is 4.68. The van der Waals surface area contributed by atoms with E-state index in [1.807, 2.05) is 14.1 Å². The fourth-order valence-corrected chi connectivity index (χ4v) is 3.41. The number of hydrogen-bond acceptors (Lipinski definition) is 3. The molecule has 112 valence electrons. The van der Waals surface area contributed by atoms with Crippen molar-refractivity contribution in [2.75, 3.05) is 14.1 Å². The second kappa shape index (κ2) is 6.16. The molecule has 1 aromatic carbocycles. The number of halogens is 2. The molecular weight excluding hydrogens is 260 g/mol. The minimum atomic E-state index is -0.549. The van der Waals surface area contributed by atoms with Crippen LogP contribution in [0.5, 0.6) is 0 Å². The standard InChI is InChI=1S/C15H23F2N3/c1-20(2)15(7-3-4-8-15)14(19-18)9-11-5-6-12(16)10-13(11)17/h5-6,10,14,19H,3-4,7-9,18H2,1-2H3. The fraction of sp³-hybridized carbons (Fsp3) is 0.600. The van der Waals surface area contributed by atoms with Crippen molar-refractivity contribution < 1.29 is 8.78 Å². The first-order valence-electron chi connectivity index (χ1n) is 7.07. The van der Waals surface area contributed by atoms with Crippen LogP contribution in [0.3, 0.4) is 0 Å². The normalized spacial score (nSPS) is 19.5. The van der Waals surface area contributed by atoms with E-state index < -0.39 is 11.6 Å². The molecule has 0 aromatic heterocycles. The van der Waals surface area contributed by atoms with Crippen LogP contribution in [-0.2, 0) is 6.42 Å². The number of nitrogens with two attached hydrogens (primary N) is 1. The van der Waals surface area contributed by atoms with Crippen LogP contribution >= 0.6 is 0 Å². The van der Waals surface area contributed by atoms with Gasteiger partial charge in [-0.1, -0.05) is 18.9 Å². The van der Waals surface area contributed by atoms with Crippen LogP contribution in [0.2, 0.25) is 0 Å². The number of nitrogens with zero attached hydrogens (tertiary/aromatic N) is 1. The van der Waals surface area contributed by atoms with E-state index in [0.717, 1.165) is 31.7 Å². The third-order valence-corrected chi connectivity index (χ3v) is 4.65. The van der Waals surface area contributed by atoms with E-state index >= 15 is 0 Å². The highest BCUT2D eigenvalue weighted by Gasteiger charge is 2.42. The van der Waals surface area contributed by atoms with Gasteiger partial charge in [-0.2, -0.15) is 0 Å². The zero-order valence-corrected chi connectivity index (χ0v) is 12.1. The van der Waals surface area contributed by atoms with Gasteiger partial charge in [-0.25, -0.2) is 8.78 Å². The van der Waals surface area contributed by atoms with E-state index in [1.165, 1.54) is 12.1 Å². The van der Waals surface area contributed by atoms with Gasteiger partial charge in [-0.3, -0.25) is 11.3 Å². The first kappa shape index (κ1) is 15.4. The summed E-state index contributed by atoms with van der Waals surface area (Å²) in [5.41, 5.74) is 3.30. The Morgan fingerprint density at radius 3 is 2.45 bits per heavy atom. The summed E-state index contributed by atoms with van der Waals surface area (Å²) in [4.78, 5) is 2.19. The topological polar surface area (TPSA) is 41.3 Å². The Hall–Kier alpha value is -1.04. The molecule has 1 fully saturated rings. The summed E-state index contributed by atoms with van der Waals surface area (Å²) in [6.45, 7) is 0. The number of rotatable bonds is 5. The highest BCUT2D eigenvalue weighted by atomic mass is 19.1. The third-order valence-electron chi connectivity index (χ3n) is 4.65. The van der Waals surface area contributed by atoms with Crippen LogP contribution in [0.25, 0.3) is 0 Å². The van der Waals surface area contributed by atoms with Gasteiger partial charge in [0.05, 0.1) is 0 Å². The molecule has 20 heavy (non-hydrogen) atoms. The molecule has 3 nitrogen and oxygen atoms in total. The largest absolute Gasteiger partial charge is 0.302 e. The Labute approximate surface area is 119 Å². The van der Waals surface area contributed by atoms with Crippen molar-refractivity contribution >= 4 is 0 Å². The van der Waals surface area contributed by atoms with Gasteiger partial charge < -0.3 is 4.90 Å². The lowest BCUT2D eigenvalue weighted by atomic mass is 9.83. The number of hydrogen-bond donors (Lipinski definition) is 2. The van der Waals surface area contributed by atoms with Gasteiger partial charge in [0.1, 0.15) is 11.6 Å². The van der Waals surface area contributed by atoms with Gasteiger partial charge >= 0.3 is 0 Å². The molecule has 1 aromatic rings. The molecule has 2 rings (SSSR count). The van der Waals surface area contributed by atoms with Gasteiger partial charge in [0, 0.05) is 17.6 Å². The quantitative estimate of drug-likeness (QED) is 0.643. The molecule has 0 aliphatic heterocycles. The number of likely N-dealkylation sites (N-methyl/N-ethyl adjacent to an activating group) is 1. The highest BCUT2D eigenvalue weighted by molar-refractivity contribution is 5.21. The summed E-state index contributed by atoms with van der Waals surface area (Å²) in [7, 11) is 4.08. The number of benzene rings is 1. The Bertz CT molecular complexity index is 456. The van der Waals surface area contributed by atoms with E-state index in [1.54, 1.807) is 0 Å². The molecular formula is C15H23F2N3. The highest BCUT2D eigenvalue weighted by Crippen LogP contribution is 2.37. The SMILES string of the molecule is CN(C)C1(C(Cc2ccc(F)cc2F)NN)CCCC1. The minimum absolute atomic E-state index is 0.0556. The second-order valence-electron chi connectivity index (χ2n) is 5.86. The average molecular weight is 283 g/mol. The van der Waals surface area contributed by atoms with Crippen molar-refractivity contribution in [2.45, 2.75) is 43.7 Å². The first-order chi connectivity index (χ1) is 9.49. The van der Waals surface area contributed by atoms with Crippen LogP contribution in [-0.4, -0.2) is 30.6 Å². The van der Waals surface area contributed by atoms with Gasteiger partial charge in [0.2, 0.25) is 0 Å². The fourth-order valence-electron chi connectivity index (χ4n) is 3.41. The van der Waals surface area contributed by atoms with Crippen molar-refractivity contribution in [3.8, 4) is 0 Å². The van der Waals surface area contributed by atoms with E-state index in [2.05, 4.69) is 10.3 Å². The maximum atomic E-state index is 13.8. The monoisotopic (exact) mass is 283 g/mol. The number of nitrogens with one attached hydrogen (secondary N) is 1. The van der Waals surface area contributed by atoms with Crippen molar-refractivity contribution in [1.82, 2.24) is 10.3 Å². The predicted octanol–water partition coefficient (Wildman–Crippen LogP) is 2.21. The van der Waals surface area contributed by atoms with Gasteiger partial charge in [-0.15, -0.1) is 0 Å². The minimum Gasteiger partial charge on any atom is -0.302 e. The van der Waals surface area contributed by atoms with Crippen molar-refractivity contribution in [3.63, 3.8) is 0 Å². The lowest BCUT2D eigenvalue weighted by Crippen LogP contribution is -2.60. The molecule has 0 radical (unpaired) electrons. The molecule has 0 heterocycles. The van der Waals surface area contributed by atoms with Crippen LogP contribution in [0.4, 0.5) is 8.78 Å². The van der Waals surface area contributed by atoms with Crippen LogP contribution in [0.15, 0.2) is 18.2 Å². The molecule has 5 heteroatoms. The van der Waals surface area contributed by atoms with Crippen molar-refractivity contribution in [1.29, 1.82) is 0 Å². The summed E-state index contributed by atoms with van der Waals surface area (Å²) in [6.07, 6.45) is 4.85. The molecule has 0 amide bonds. The van der Waals surface area contributed by atoms with Gasteiger partial charge in [0.25, 0.3) is 0 Å². The zero-order chi connectivity index (χ0) is 14.8. The Balaban J connectivity index is 2.23. The number of hydrazine groups is 1. The molecule has 1 aliphatic carbocycles. The zero-order valence-electron chi connectivity index (χ0n) is 12.1. The summed E-state index contributed by atoms with van der Waals surface area (Å²) >= 11 is 0. The molecule has 1 unspecified atom stereocenters. The molecule has 0 spiro atoms. The molecule has 3 N–H and O–H groups in total. The lowest BCUT2D eigenvalue weighted by molar-refractivity contribution is 0.104. The Morgan fingerprint density at radius 2 is 1.95 bits per heavy atom.